The van der Waals surface area contributed by atoms with Gasteiger partial charge < -0.3 is 4.74 Å². The number of nitrogens with zero attached hydrogens (tertiary/aromatic N) is 3. The van der Waals surface area contributed by atoms with Crippen LogP contribution in [-0.4, -0.2) is 55.7 Å². The average molecular weight is 451 g/mol. The fourth-order valence-electron chi connectivity index (χ4n) is 2.91. The number of hydrogen-bond acceptors (Lipinski definition) is 6. The summed E-state index contributed by atoms with van der Waals surface area (Å²) >= 11 is 7.45. The second-order valence-corrected chi connectivity index (χ2v) is 9.73. The monoisotopic (exact) mass is 450 g/mol. The molecule has 7 nitrogen and oxygen atoms in total. The molecule has 0 amide bonds. The van der Waals surface area contributed by atoms with E-state index in [4.69, 9.17) is 16.3 Å². The molecule has 1 N–H and O–H groups in total. The summed E-state index contributed by atoms with van der Waals surface area (Å²) in [6, 6.07) is 14.1. The van der Waals surface area contributed by atoms with Crippen molar-refractivity contribution in [2.75, 3.05) is 32.1 Å². The third kappa shape index (κ3) is 4.81. The van der Waals surface area contributed by atoms with Crippen molar-refractivity contribution < 1.29 is 13.2 Å². The van der Waals surface area contributed by atoms with Crippen LogP contribution in [0.25, 0.3) is 0 Å². The van der Waals surface area contributed by atoms with E-state index in [-0.39, 0.29) is 4.90 Å². The van der Waals surface area contributed by atoms with Crippen molar-refractivity contribution >= 4 is 50.0 Å². The fourth-order valence-corrected chi connectivity index (χ4v) is 5.23. The minimum Gasteiger partial charge on any atom is -0.379 e. The van der Waals surface area contributed by atoms with Crippen molar-refractivity contribution in [1.82, 2.24) is 9.73 Å². The Labute approximate surface area is 178 Å². The van der Waals surface area contributed by atoms with Crippen molar-refractivity contribution in [2.24, 2.45) is 10.1 Å². The van der Waals surface area contributed by atoms with Gasteiger partial charge in [-0.15, -0.1) is 0 Å². The standard InChI is InChI=1S/C19H19ClN4O3S2/c20-15-3-1-14(2-4-15)18-13-28-19(23-22-18)21-16-5-7-17(8-6-16)29(25,26)24-9-11-27-12-10-24/h1-8H,9-13H2,(H,21,23). The molecule has 2 aliphatic heterocycles. The van der Waals surface area contributed by atoms with Gasteiger partial charge in [0.15, 0.2) is 5.17 Å². The Morgan fingerprint density at radius 2 is 1.76 bits per heavy atom. The molecule has 0 spiro atoms. The zero-order valence-corrected chi connectivity index (χ0v) is 17.8. The molecule has 2 aromatic carbocycles. The van der Waals surface area contributed by atoms with Gasteiger partial charge in [-0.05, 0) is 42.0 Å². The Morgan fingerprint density at radius 1 is 1.07 bits per heavy atom. The van der Waals surface area contributed by atoms with Gasteiger partial charge in [0.25, 0.3) is 0 Å². The molecular weight excluding hydrogens is 432 g/mol. The summed E-state index contributed by atoms with van der Waals surface area (Å²) in [5.74, 6) is 0.678. The molecule has 2 heterocycles. The number of halogens is 1. The Kier molecular flexibility index (Phi) is 6.21. The number of amidine groups is 1. The van der Waals surface area contributed by atoms with Crippen LogP contribution in [0.2, 0.25) is 5.02 Å². The molecule has 0 bridgehead atoms. The van der Waals surface area contributed by atoms with E-state index >= 15 is 0 Å². The molecule has 2 aromatic rings. The number of benzene rings is 2. The van der Waals surface area contributed by atoms with Gasteiger partial charge >= 0.3 is 0 Å². The number of thioether (sulfide) groups is 1. The minimum absolute atomic E-state index is 0.260. The van der Waals surface area contributed by atoms with Crippen molar-refractivity contribution in [1.29, 1.82) is 0 Å². The molecule has 29 heavy (non-hydrogen) atoms. The Balaban J connectivity index is 1.45. The lowest BCUT2D eigenvalue weighted by molar-refractivity contribution is 0.0730. The van der Waals surface area contributed by atoms with Crippen molar-refractivity contribution in [3.63, 3.8) is 0 Å². The van der Waals surface area contributed by atoms with E-state index in [0.717, 1.165) is 11.3 Å². The fraction of sp³-hybridized carbons (Fsp3) is 0.263. The van der Waals surface area contributed by atoms with Crippen LogP contribution in [-0.2, 0) is 14.8 Å². The Hall–Kier alpha value is -1.91. The molecular formula is C19H19ClN4O3S2. The number of hydrogen-bond donors (Lipinski definition) is 1. The predicted molar refractivity (Wildman–Crippen MR) is 117 cm³/mol. The summed E-state index contributed by atoms with van der Waals surface area (Å²) in [4.78, 5) is 4.77. The lowest BCUT2D eigenvalue weighted by Gasteiger charge is -2.26. The van der Waals surface area contributed by atoms with Gasteiger partial charge in [-0.3, -0.25) is 5.43 Å². The summed E-state index contributed by atoms with van der Waals surface area (Å²) in [7, 11) is -3.50. The van der Waals surface area contributed by atoms with Gasteiger partial charge in [0.05, 0.1) is 29.5 Å². The Morgan fingerprint density at radius 3 is 2.38 bits per heavy atom. The molecule has 152 valence electrons. The number of morpholine rings is 1. The first kappa shape index (κ1) is 20.4. The molecule has 10 heteroatoms. The van der Waals surface area contributed by atoms with Crippen molar-refractivity contribution in [3.05, 3.63) is 59.1 Å². The second kappa shape index (κ2) is 8.85. The summed E-state index contributed by atoms with van der Waals surface area (Å²) in [5.41, 5.74) is 5.53. The van der Waals surface area contributed by atoms with E-state index in [1.54, 1.807) is 24.3 Å². The van der Waals surface area contributed by atoms with E-state index < -0.39 is 10.0 Å². The molecule has 0 aliphatic carbocycles. The normalized spacial score (nSPS) is 19.6. The van der Waals surface area contributed by atoms with E-state index in [2.05, 4.69) is 15.5 Å². The van der Waals surface area contributed by atoms with E-state index in [1.165, 1.54) is 16.1 Å². The highest BCUT2D eigenvalue weighted by atomic mass is 35.5. The molecule has 1 fully saturated rings. The van der Waals surface area contributed by atoms with Crippen molar-refractivity contribution in [2.45, 2.75) is 4.90 Å². The lowest BCUT2D eigenvalue weighted by Crippen LogP contribution is -2.40. The number of rotatable bonds is 4. The minimum atomic E-state index is -3.50. The van der Waals surface area contributed by atoms with Gasteiger partial charge in [-0.25, -0.2) is 13.4 Å². The van der Waals surface area contributed by atoms with Crippen LogP contribution in [0.15, 0.2) is 63.5 Å². The summed E-state index contributed by atoms with van der Waals surface area (Å²) in [5, 5.41) is 5.73. The van der Waals surface area contributed by atoms with Gasteiger partial charge in [-0.2, -0.15) is 9.41 Å². The summed E-state index contributed by atoms with van der Waals surface area (Å²) in [6.45, 7) is 1.60. The van der Waals surface area contributed by atoms with E-state index in [1.807, 2.05) is 24.3 Å². The van der Waals surface area contributed by atoms with Crippen LogP contribution in [0.1, 0.15) is 5.56 Å². The van der Waals surface area contributed by atoms with Gasteiger partial charge in [0.2, 0.25) is 10.0 Å². The number of nitrogens with one attached hydrogen (secondary N) is 1. The summed E-state index contributed by atoms with van der Waals surface area (Å²) in [6.07, 6.45) is 0. The molecule has 0 aromatic heterocycles. The maximum Gasteiger partial charge on any atom is 0.243 e. The topological polar surface area (TPSA) is 83.4 Å². The Bertz CT molecular complexity index is 1030. The first-order valence-electron chi connectivity index (χ1n) is 9.00. The molecule has 1 saturated heterocycles. The maximum atomic E-state index is 12.7. The van der Waals surface area contributed by atoms with Crippen molar-refractivity contribution in [3.8, 4) is 0 Å². The van der Waals surface area contributed by atoms with Gasteiger partial charge in [0, 0.05) is 23.9 Å². The number of ether oxygens (including phenoxy) is 1. The zero-order valence-electron chi connectivity index (χ0n) is 15.4. The molecule has 0 saturated carbocycles. The maximum absolute atomic E-state index is 12.7. The highest BCUT2D eigenvalue weighted by Gasteiger charge is 2.26. The largest absolute Gasteiger partial charge is 0.379 e. The van der Waals surface area contributed by atoms with Gasteiger partial charge in [0.1, 0.15) is 0 Å². The van der Waals surface area contributed by atoms with E-state index in [0.29, 0.717) is 47.9 Å². The quantitative estimate of drug-likeness (QED) is 0.773. The van der Waals surface area contributed by atoms with Crippen LogP contribution in [0, 0.1) is 0 Å². The smallest absolute Gasteiger partial charge is 0.243 e. The molecule has 2 aliphatic rings. The molecule has 0 radical (unpaired) electrons. The van der Waals surface area contributed by atoms with E-state index in [9.17, 15) is 8.42 Å². The number of hydrazone groups is 1. The third-order valence-electron chi connectivity index (χ3n) is 4.48. The van der Waals surface area contributed by atoms with Crippen LogP contribution in [0.3, 0.4) is 0 Å². The first-order chi connectivity index (χ1) is 14.0. The molecule has 0 atom stereocenters. The first-order valence-corrected chi connectivity index (χ1v) is 11.8. The highest BCUT2D eigenvalue weighted by Crippen LogP contribution is 2.23. The molecule has 4 rings (SSSR count). The van der Waals surface area contributed by atoms with Crippen LogP contribution >= 0.6 is 23.4 Å². The van der Waals surface area contributed by atoms with Gasteiger partial charge in [-0.1, -0.05) is 35.5 Å². The summed E-state index contributed by atoms with van der Waals surface area (Å²) < 4.78 is 32.0. The van der Waals surface area contributed by atoms with Crippen LogP contribution in [0.4, 0.5) is 5.69 Å². The third-order valence-corrected chi connectivity index (χ3v) is 7.52. The van der Waals surface area contributed by atoms with Crippen LogP contribution < -0.4 is 5.43 Å². The average Bonchev–Trinajstić information content (AvgIpc) is 2.76. The highest BCUT2D eigenvalue weighted by molar-refractivity contribution is 8.14. The van der Waals surface area contributed by atoms with Crippen LogP contribution in [0.5, 0.6) is 0 Å². The predicted octanol–water partition coefficient (Wildman–Crippen LogP) is 3.09. The number of sulfonamides is 1. The molecule has 0 unspecified atom stereocenters. The lowest BCUT2D eigenvalue weighted by atomic mass is 10.1. The SMILES string of the molecule is O=S(=O)(c1ccc(N=C2NN=C(c3ccc(Cl)cc3)CS2)cc1)N1CCOCC1. The number of aliphatic imine (C=N–C) groups is 1. The second-order valence-electron chi connectivity index (χ2n) is 6.39. The zero-order chi connectivity index (χ0) is 20.3.